The van der Waals surface area contributed by atoms with Crippen LogP contribution in [0.1, 0.15) is 25.3 Å². The lowest BCUT2D eigenvalue weighted by atomic mass is 10.1. The Kier molecular flexibility index (Phi) is 11.6. The normalized spacial score (nSPS) is 14.7. The lowest BCUT2D eigenvalue weighted by Crippen LogP contribution is -2.52. The first-order valence-electron chi connectivity index (χ1n) is 11.0. The van der Waals surface area contributed by atoms with Gasteiger partial charge in [-0.15, -0.1) is 34.2 Å². The number of aromatic nitrogens is 3. The molecule has 1 aliphatic heterocycles. The number of nitrogens with zero attached hydrogens (tertiary/aromatic N) is 6. The molecule has 0 aliphatic carbocycles. The number of nitrogens with one attached hydrogen (secondary N) is 1. The number of benzene rings is 1. The molecule has 0 amide bonds. The number of unbranched alkanes of at least 4 members (excludes halogenated alkanes) is 1. The minimum Gasteiger partial charge on any atom is -0.497 e. The lowest BCUT2D eigenvalue weighted by molar-refractivity contribution is 0.171. The molecule has 0 spiro atoms. The van der Waals surface area contributed by atoms with Crippen LogP contribution in [0.3, 0.4) is 0 Å². The van der Waals surface area contributed by atoms with Crippen molar-refractivity contribution in [1.82, 2.24) is 29.9 Å². The van der Waals surface area contributed by atoms with Crippen LogP contribution in [-0.2, 0) is 13.1 Å². The van der Waals surface area contributed by atoms with Crippen LogP contribution in [0, 0.1) is 0 Å². The van der Waals surface area contributed by atoms with Crippen LogP contribution >= 0.6 is 24.0 Å². The van der Waals surface area contributed by atoms with E-state index in [1.165, 1.54) is 0 Å². The summed E-state index contributed by atoms with van der Waals surface area (Å²) < 4.78 is 12.9. The highest BCUT2D eigenvalue weighted by atomic mass is 127. The average Bonchev–Trinajstić information content (AvgIpc) is 3.32. The molecule has 0 radical (unpaired) electrons. The standard InChI is InChI=1S/C22H35N7O2.HI/c1-4-23-22(24-9-5-6-10-28-17-25-26-18-28)29-13-11-27(12-14-29)16-19-15-20(30-2)7-8-21(19)31-3;/h7-8,15,17-18H,4-6,9-14,16H2,1-3H3,(H,23,24);1H. The van der Waals surface area contributed by atoms with Crippen molar-refractivity contribution in [3.05, 3.63) is 36.4 Å². The Hall–Kier alpha value is -2.08. The highest BCUT2D eigenvalue weighted by Crippen LogP contribution is 2.25. The van der Waals surface area contributed by atoms with Gasteiger partial charge in [-0.1, -0.05) is 0 Å². The van der Waals surface area contributed by atoms with Crippen molar-refractivity contribution in [3.63, 3.8) is 0 Å². The number of ether oxygens (including phenoxy) is 2. The largest absolute Gasteiger partial charge is 0.497 e. The van der Waals surface area contributed by atoms with Gasteiger partial charge in [0.05, 0.1) is 14.2 Å². The van der Waals surface area contributed by atoms with Gasteiger partial charge in [-0.05, 0) is 38.0 Å². The van der Waals surface area contributed by atoms with E-state index in [0.29, 0.717) is 0 Å². The molecule has 1 saturated heterocycles. The Labute approximate surface area is 208 Å². The number of piperazine rings is 1. The number of methoxy groups -OCH3 is 2. The molecule has 32 heavy (non-hydrogen) atoms. The zero-order valence-electron chi connectivity index (χ0n) is 19.4. The Morgan fingerprint density at radius 1 is 1.06 bits per heavy atom. The van der Waals surface area contributed by atoms with E-state index in [2.05, 4.69) is 38.3 Å². The topological polar surface area (TPSA) is 80.0 Å². The maximum absolute atomic E-state index is 5.54. The molecular formula is C22H36IN7O2. The van der Waals surface area contributed by atoms with E-state index in [1.54, 1.807) is 26.9 Å². The van der Waals surface area contributed by atoms with Crippen LogP contribution in [0.4, 0.5) is 0 Å². The van der Waals surface area contributed by atoms with Crippen molar-refractivity contribution in [2.75, 3.05) is 53.5 Å². The lowest BCUT2D eigenvalue weighted by Gasteiger charge is -2.36. The molecule has 1 N–H and O–H groups in total. The van der Waals surface area contributed by atoms with Crippen molar-refractivity contribution in [3.8, 4) is 11.5 Å². The van der Waals surface area contributed by atoms with Crippen LogP contribution in [0.15, 0.2) is 35.8 Å². The minimum atomic E-state index is 0. The summed E-state index contributed by atoms with van der Waals surface area (Å²) in [5.74, 6) is 2.79. The van der Waals surface area contributed by atoms with Gasteiger partial charge in [0.1, 0.15) is 24.2 Å². The fourth-order valence-corrected chi connectivity index (χ4v) is 3.72. The molecule has 9 nitrogen and oxygen atoms in total. The number of guanidine groups is 1. The molecule has 1 aromatic heterocycles. The van der Waals surface area contributed by atoms with Crippen LogP contribution < -0.4 is 14.8 Å². The number of rotatable bonds is 10. The fourth-order valence-electron chi connectivity index (χ4n) is 3.72. The quantitative estimate of drug-likeness (QED) is 0.208. The molecule has 2 heterocycles. The van der Waals surface area contributed by atoms with Crippen LogP contribution in [0.25, 0.3) is 0 Å². The highest BCUT2D eigenvalue weighted by molar-refractivity contribution is 14.0. The molecule has 3 rings (SSSR count). The summed E-state index contributed by atoms with van der Waals surface area (Å²) in [5, 5.41) is 11.1. The first-order valence-corrected chi connectivity index (χ1v) is 11.0. The van der Waals surface area contributed by atoms with Gasteiger partial charge >= 0.3 is 0 Å². The minimum absolute atomic E-state index is 0. The predicted octanol–water partition coefficient (Wildman–Crippen LogP) is 2.48. The van der Waals surface area contributed by atoms with Gasteiger partial charge < -0.3 is 24.3 Å². The van der Waals surface area contributed by atoms with Crippen molar-refractivity contribution >= 4 is 29.9 Å². The van der Waals surface area contributed by atoms with Crippen molar-refractivity contribution in [2.45, 2.75) is 32.9 Å². The summed E-state index contributed by atoms with van der Waals surface area (Å²) >= 11 is 0. The summed E-state index contributed by atoms with van der Waals surface area (Å²) in [6, 6.07) is 5.98. The Bertz CT molecular complexity index is 809. The van der Waals surface area contributed by atoms with E-state index in [-0.39, 0.29) is 24.0 Å². The van der Waals surface area contributed by atoms with Crippen LogP contribution in [0.2, 0.25) is 0 Å². The van der Waals surface area contributed by atoms with Gasteiger partial charge in [-0.25, -0.2) is 0 Å². The van der Waals surface area contributed by atoms with E-state index in [9.17, 15) is 0 Å². The zero-order valence-corrected chi connectivity index (χ0v) is 21.7. The van der Waals surface area contributed by atoms with Crippen LogP contribution in [-0.4, -0.2) is 84.0 Å². The third-order valence-electron chi connectivity index (χ3n) is 5.44. The van der Waals surface area contributed by atoms with Crippen molar-refractivity contribution < 1.29 is 9.47 Å². The summed E-state index contributed by atoms with van der Waals surface area (Å²) in [4.78, 5) is 9.67. The third-order valence-corrected chi connectivity index (χ3v) is 5.44. The van der Waals surface area contributed by atoms with Crippen molar-refractivity contribution in [2.24, 2.45) is 4.99 Å². The second kappa shape index (κ2) is 14.1. The molecule has 2 aromatic rings. The van der Waals surface area contributed by atoms with Gasteiger partial charge in [0.25, 0.3) is 0 Å². The second-order valence-electron chi connectivity index (χ2n) is 7.58. The number of aryl methyl sites for hydroxylation is 1. The van der Waals surface area contributed by atoms with Gasteiger partial charge in [0, 0.05) is 57.9 Å². The molecule has 0 saturated carbocycles. The van der Waals surface area contributed by atoms with E-state index in [0.717, 1.165) is 88.2 Å². The summed E-state index contributed by atoms with van der Waals surface area (Å²) in [6.07, 6.45) is 5.63. The molecule has 1 fully saturated rings. The number of hydrogen-bond acceptors (Lipinski definition) is 6. The predicted molar refractivity (Wildman–Crippen MR) is 137 cm³/mol. The Morgan fingerprint density at radius 2 is 1.81 bits per heavy atom. The molecule has 1 aliphatic rings. The number of hydrogen-bond donors (Lipinski definition) is 1. The van der Waals surface area contributed by atoms with Gasteiger partial charge in [-0.2, -0.15) is 0 Å². The SMILES string of the molecule is CCNC(=NCCCCn1cnnc1)N1CCN(Cc2cc(OC)ccc2OC)CC1.I. The molecule has 0 unspecified atom stereocenters. The molecular weight excluding hydrogens is 521 g/mol. The van der Waals surface area contributed by atoms with E-state index in [1.807, 2.05) is 16.7 Å². The average molecular weight is 557 g/mol. The fraction of sp³-hybridized carbons (Fsp3) is 0.591. The van der Waals surface area contributed by atoms with E-state index >= 15 is 0 Å². The molecule has 0 atom stereocenters. The van der Waals surface area contributed by atoms with Crippen molar-refractivity contribution in [1.29, 1.82) is 0 Å². The Morgan fingerprint density at radius 3 is 2.47 bits per heavy atom. The van der Waals surface area contributed by atoms with Crippen LogP contribution in [0.5, 0.6) is 11.5 Å². The van der Waals surface area contributed by atoms with E-state index < -0.39 is 0 Å². The smallest absolute Gasteiger partial charge is 0.194 e. The summed E-state index contributed by atoms with van der Waals surface area (Å²) in [5.41, 5.74) is 1.16. The number of aliphatic imine (C=N–C) groups is 1. The molecule has 178 valence electrons. The van der Waals surface area contributed by atoms with Gasteiger partial charge in [0.15, 0.2) is 5.96 Å². The van der Waals surface area contributed by atoms with Gasteiger partial charge in [-0.3, -0.25) is 9.89 Å². The summed E-state index contributed by atoms with van der Waals surface area (Å²) in [6.45, 7) is 9.49. The maximum atomic E-state index is 5.54. The summed E-state index contributed by atoms with van der Waals surface area (Å²) in [7, 11) is 3.41. The Balaban J connectivity index is 0.00000363. The van der Waals surface area contributed by atoms with E-state index in [4.69, 9.17) is 14.5 Å². The zero-order chi connectivity index (χ0) is 21.9. The van der Waals surface area contributed by atoms with Gasteiger partial charge in [0.2, 0.25) is 0 Å². The second-order valence-corrected chi connectivity index (χ2v) is 7.58. The maximum Gasteiger partial charge on any atom is 0.194 e. The third kappa shape index (κ3) is 7.80. The highest BCUT2D eigenvalue weighted by Gasteiger charge is 2.20. The number of halogens is 1. The molecule has 1 aromatic carbocycles. The monoisotopic (exact) mass is 557 g/mol. The first kappa shape index (κ1) is 26.2. The molecule has 0 bridgehead atoms. The molecule has 10 heteroatoms. The first-order chi connectivity index (χ1) is 15.2.